The standard InChI is InChI=1S/C44H44N4O9S2/c1-55-39-12-7-13-40(56-2)41(39)42(49)43-34(20-25-58-43)33-9-4-3-8-31(33)26-29-16-21-47(22-17-29)37-11-6-5-10-35(37)44(50)46-59(53,54)32-14-15-36(38(27-32)48(51)52)45-28-30-18-23-57-24-19-30/h3-15,20,25-27,30,45H,16-19,21-24,28H2,1-2H3,(H,46,50). The van der Waals surface area contributed by atoms with E-state index in [0.717, 1.165) is 35.6 Å². The number of carbonyl (C=O) groups excluding carboxylic acids is 2. The molecule has 2 aliphatic rings. The highest BCUT2D eigenvalue weighted by atomic mass is 32.2. The lowest BCUT2D eigenvalue weighted by Crippen LogP contribution is -2.35. The van der Waals surface area contributed by atoms with Gasteiger partial charge in [-0.05, 0) is 90.6 Å². The van der Waals surface area contributed by atoms with Crippen molar-refractivity contribution in [2.45, 2.75) is 30.6 Å². The monoisotopic (exact) mass is 836 g/mol. The molecule has 15 heteroatoms. The number of rotatable bonds is 14. The van der Waals surface area contributed by atoms with Crippen LogP contribution in [-0.2, 0) is 14.8 Å². The van der Waals surface area contributed by atoms with Gasteiger partial charge in [0.2, 0.25) is 5.78 Å². The van der Waals surface area contributed by atoms with E-state index in [4.69, 9.17) is 14.2 Å². The van der Waals surface area contributed by atoms with Crippen molar-refractivity contribution in [1.29, 1.82) is 0 Å². The Labute approximate surface area is 346 Å². The molecule has 1 aromatic heterocycles. The van der Waals surface area contributed by atoms with Gasteiger partial charge in [-0.3, -0.25) is 19.7 Å². The summed E-state index contributed by atoms with van der Waals surface area (Å²) in [6, 6.07) is 25.5. The highest BCUT2D eigenvalue weighted by Gasteiger charge is 2.28. The Balaban J connectivity index is 1.05. The Morgan fingerprint density at radius 3 is 2.32 bits per heavy atom. The molecule has 59 heavy (non-hydrogen) atoms. The molecule has 2 saturated heterocycles. The van der Waals surface area contributed by atoms with E-state index in [2.05, 4.69) is 16.1 Å². The number of sulfonamides is 1. The molecule has 306 valence electrons. The third-order valence-corrected chi connectivity index (χ3v) is 12.9. The molecule has 7 rings (SSSR count). The highest BCUT2D eigenvalue weighted by Crippen LogP contribution is 2.39. The zero-order chi connectivity index (χ0) is 41.5. The molecular formula is C44H44N4O9S2. The van der Waals surface area contributed by atoms with Crippen molar-refractivity contribution >= 4 is 56.2 Å². The average molecular weight is 837 g/mol. The van der Waals surface area contributed by atoms with Crippen LogP contribution in [0.1, 0.15) is 56.8 Å². The topological polar surface area (TPSA) is 166 Å². The van der Waals surface area contributed by atoms with Crippen molar-refractivity contribution in [3.8, 4) is 22.6 Å². The number of para-hydroxylation sites is 1. The van der Waals surface area contributed by atoms with Crippen LogP contribution in [0.4, 0.5) is 17.1 Å². The molecule has 3 heterocycles. The third kappa shape index (κ3) is 9.17. The number of hydrogen-bond acceptors (Lipinski definition) is 12. The number of benzene rings is 4. The summed E-state index contributed by atoms with van der Waals surface area (Å²) in [5.74, 6) is 0.116. The van der Waals surface area contributed by atoms with Crippen molar-refractivity contribution < 1.29 is 37.1 Å². The van der Waals surface area contributed by atoms with Gasteiger partial charge in [0.15, 0.2) is 0 Å². The number of ketones is 1. The number of nitrogens with one attached hydrogen (secondary N) is 2. The SMILES string of the molecule is COc1cccc(OC)c1C(=O)c1sccc1-c1ccccc1C=C1CCN(c2ccccc2C(=O)NS(=O)(=O)c2ccc(NCC3CCOCC3)c([N+](=O)[O-])c2)CC1. The Morgan fingerprint density at radius 2 is 1.61 bits per heavy atom. The van der Waals surface area contributed by atoms with Crippen LogP contribution in [0.3, 0.4) is 0 Å². The smallest absolute Gasteiger partial charge is 0.293 e. The second-order valence-corrected chi connectivity index (χ2v) is 16.8. The average Bonchev–Trinajstić information content (AvgIpc) is 3.75. The lowest BCUT2D eigenvalue weighted by Gasteiger charge is -2.32. The first-order valence-corrected chi connectivity index (χ1v) is 21.6. The number of hydrogen-bond donors (Lipinski definition) is 2. The first-order chi connectivity index (χ1) is 28.6. The van der Waals surface area contributed by atoms with Crippen molar-refractivity contribution in [2.75, 3.05) is 57.3 Å². The number of carbonyl (C=O) groups is 2. The summed E-state index contributed by atoms with van der Waals surface area (Å²) >= 11 is 1.36. The first kappa shape index (κ1) is 41.1. The summed E-state index contributed by atoms with van der Waals surface area (Å²) in [6.45, 7) is 2.88. The van der Waals surface area contributed by atoms with Gasteiger partial charge in [-0.1, -0.05) is 54.1 Å². The molecule has 0 bridgehead atoms. The van der Waals surface area contributed by atoms with E-state index in [-0.39, 0.29) is 23.0 Å². The molecule has 13 nitrogen and oxygen atoms in total. The number of nitrogens with zero attached hydrogens (tertiary/aromatic N) is 2. The fraction of sp³-hybridized carbons (Fsp3) is 0.273. The number of piperidine rings is 1. The summed E-state index contributed by atoms with van der Waals surface area (Å²) in [4.78, 5) is 41.2. The van der Waals surface area contributed by atoms with Gasteiger partial charge in [0.25, 0.3) is 21.6 Å². The van der Waals surface area contributed by atoms with Gasteiger partial charge in [0, 0.05) is 50.2 Å². The van der Waals surface area contributed by atoms with Gasteiger partial charge >= 0.3 is 0 Å². The second kappa shape index (κ2) is 18.3. The maximum absolute atomic E-state index is 14.0. The van der Waals surface area contributed by atoms with E-state index < -0.39 is 31.4 Å². The summed E-state index contributed by atoms with van der Waals surface area (Å²) in [6.07, 6.45) is 5.16. The highest BCUT2D eigenvalue weighted by molar-refractivity contribution is 7.90. The van der Waals surface area contributed by atoms with Gasteiger partial charge in [-0.15, -0.1) is 11.3 Å². The van der Waals surface area contributed by atoms with E-state index in [1.165, 1.54) is 43.3 Å². The maximum Gasteiger partial charge on any atom is 0.293 e. The predicted molar refractivity (Wildman–Crippen MR) is 228 cm³/mol. The van der Waals surface area contributed by atoms with Crippen LogP contribution in [0.15, 0.2) is 107 Å². The van der Waals surface area contributed by atoms with E-state index in [9.17, 15) is 28.1 Å². The minimum absolute atomic E-state index is 0.166. The summed E-state index contributed by atoms with van der Waals surface area (Å²) in [5, 5.41) is 17.0. The molecule has 2 N–H and O–H groups in total. The first-order valence-electron chi connectivity index (χ1n) is 19.2. The minimum Gasteiger partial charge on any atom is -0.496 e. The van der Waals surface area contributed by atoms with Gasteiger partial charge in [0.1, 0.15) is 22.7 Å². The van der Waals surface area contributed by atoms with Crippen LogP contribution in [0.5, 0.6) is 11.5 Å². The van der Waals surface area contributed by atoms with Crippen LogP contribution in [0, 0.1) is 16.0 Å². The summed E-state index contributed by atoms with van der Waals surface area (Å²) < 4.78 is 45.5. The van der Waals surface area contributed by atoms with Crippen molar-refractivity contribution in [2.24, 2.45) is 5.92 Å². The Morgan fingerprint density at radius 1 is 0.915 bits per heavy atom. The number of amides is 1. The number of thiophene rings is 1. The minimum atomic E-state index is -4.47. The number of nitro groups is 1. The second-order valence-electron chi connectivity index (χ2n) is 14.2. The van der Waals surface area contributed by atoms with Gasteiger partial charge in [-0.25, -0.2) is 13.1 Å². The molecule has 2 fully saturated rings. The predicted octanol–water partition coefficient (Wildman–Crippen LogP) is 8.21. The Bertz CT molecular complexity index is 2480. The Kier molecular flexibility index (Phi) is 12.7. The van der Waals surface area contributed by atoms with Crippen LogP contribution in [-0.4, -0.2) is 72.1 Å². The number of ether oxygens (including phenoxy) is 3. The van der Waals surface area contributed by atoms with Crippen LogP contribution >= 0.6 is 11.3 Å². The molecule has 0 saturated carbocycles. The molecule has 0 atom stereocenters. The van der Waals surface area contributed by atoms with Crippen LogP contribution < -0.4 is 24.4 Å². The van der Waals surface area contributed by atoms with Crippen molar-refractivity contribution in [3.05, 3.63) is 134 Å². The molecule has 2 aliphatic heterocycles. The van der Waals surface area contributed by atoms with E-state index >= 15 is 0 Å². The number of methoxy groups -OCH3 is 2. The van der Waals surface area contributed by atoms with E-state index in [1.807, 2.05) is 40.6 Å². The quantitative estimate of drug-likeness (QED) is 0.0629. The normalized spacial score (nSPS) is 14.7. The summed E-state index contributed by atoms with van der Waals surface area (Å²) in [5.41, 5.74) is 4.77. The number of nitro benzene ring substituents is 1. The molecule has 0 unspecified atom stereocenters. The largest absolute Gasteiger partial charge is 0.496 e. The molecule has 0 aliphatic carbocycles. The molecule has 4 aromatic carbocycles. The van der Waals surface area contributed by atoms with Crippen molar-refractivity contribution in [3.63, 3.8) is 0 Å². The fourth-order valence-electron chi connectivity index (χ4n) is 7.51. The zero-order valence-corrected chi connectivity index (χ0v) is 34.3. The van der Waals surface area contributed by atoms with E-state index in [1.54, 1.807) is 42.5 Å². The lowest BCUT2D eigenvalue weighted by atomic mass is 9.93. The lowest BCUT2D eigenvalue weighted by molar-refractivity contribution is -0.384. The van der Waals surface area contributed by atoms with Gasteiger partial charge in [-0.2, -0.15) is 0 Å². The third-order valence-electron chi connectivity index (χ3n) is 10.7. The molecule has 0 spiro atoms. The van der Waals surface area contributed by atoms with E-state index in [0.29, 0.717) is 73.3 Å². The molecule has 5 aromatic rings. The van der Waals surface area contributed by atoms with Crippen molar-refractivity contribution in [1.82, 2.24) is 4.72 Å². The maximum atomic E-state index is 14.0. The zero-order valence-electron chi connectivity index (χ0n) is 32.6. The summed E-state index contributed by atoms with van der Waals surface area (Å²) in [7, 11) is -1.42. The van der Waals surface area contributed by atoms with Crippen LogP contribution in [0.2, 0.25) is 0 Å². The number of anilines is 2. The Hall–Kier alpha value is -6.03. The molecule has 0 radical (unpaired) electrons. The fourth-order valence-corrected chi connectivity index (χ4v) is 9.35. The van der Waals surface area contributed by atoms with Gasteiger partial charge in [0.05, 0.1) is 34.5 Å². The van der Waals surface area contributed by atoms with Crippen LogP contribution in [0.25, 0.3) is 17.2 Å². The molecule has 1 amide bonds. The van der Waals surface area contributed by atoms with Gasteiger partial charge < -0.3 is 24.4 Å². The molecular weight excluding hydrogens is 793 g/mol.